The molecule has 0 aliphatic heterocycles. The molecule has 1 aromatic rings. The van der Waals surface area contributed by atoms with Crippen LogP contribution in [0, 0.1) is 0 Å². The number of nitrogens with zero attached hydrogens (tertiary/aromatic N) is 1. The summed E-state index contributed by atoms with van der Waals surface area (Å²) in [6.07, 6.45) is 3.42. The fraction of sp³-hybridized carbons (Fsp3) is 0.692. The summed E-state index contributed by atoms with van der Waals surface area (Å²) in [5.74, 6) is 1.23. The zero-order valence-electron chi connectivity index (χ0n) is 11.4. The number of likely N-dealkylation sites (N-methyl/N-ethyl adjacent to an activating group) is 1. The smallest absolute Gasteiger partial charge is 0.0300 e. The molecule has 0 fully saturated rings. The first-order valence-electron chi connectivity index (χ1n) is 6.30. The summed E-state index contributed by atoms with van der Waals surface area (Å²) < 4.78 is 1.19. The van der Waals surface area contributed by atoms with E-state index in [0.29, 0.717) is 6.04 Å². The minimum atomic E-state index is 0.706. The Labute approximate surface area is 128 Å². The molecule has 1 atom stereocenters. The Balaban J connectivity index is 2.16. The first-order chi connectivity index (χ1) is 8.67. The van der Waals surface area contributed by atoms with Crippen LogP contribution in [-0.2, 0) is 6.54 Å². The predicted octanol–water partition coefficient (Wildman–Crippen LogP) is 3.67. The van der Waals surface area contributed by atoms with Gasteiger partial charge in [0.25, 0.3) is 0 Å². The van der Waals surface area contributed by atoms with Crippen LogP contribution in [-0.4, -0.2) is 43.1 Å². The Hall–Kier alpha value is 0.450. The van der Waals surface area contributed by atoms with E-state index in [1.807, 2.05) is 11.8 Å². The molecule has 5 heteroatoms. The summed E-state index contributed by atoms with van der Waals surface area (Å²) in [5, 5.41) is 5.64. The van der Waals surface area contributed by atoms with Crippen LogP contribution in [0.4, 0.5) is 0 Å². The number of rotatable bonds is 9. The first-order valence-corrected chi connectivity index (χ1v) is 9.36. The number of hydrogen-bond acceptors (Lipinski definition) is 4. The summed E-state index contributed by atoms with van der Waals surface area (Å²) in [6, 6.07) is 2.89. The van der Waals surface area contributed by atoms with E-state index in [-0.39, 0.29) is 0 Å². The molecule has 1 rings (SSSR count). The second-order valence-corrected chi connectivity index (χ2v) is 7.23. The van der Waals surface area contributed by atoms with E-state index in [4.69, 9.17) is 0 Å². The number of halogens is 1. The first kappa shape index (κ1) is 16.5. The molecule has 1 aromatic heterocycles. The monoisotopic (exact) mass is 350 g/mol. The second-order valence-electron chi connectivity index (χ2n) is 4.41. The molecule has 2 nitrogen and oxygen atoms in total. The molecule has 0 bridgehead atoms. The highest BCUT2D eigenvalue weighted by Crippen LogP contribution is 2.19. The molecule has 0 aliphatic rings. The van der Waals surface area contributed by atoms with Crippen LogP contribution in [0.1, 0.15) is 18.2 Å². The molecular weight excluding hydrogens is 328 g/mol. The Morgan fingerprint density at radius 3 is 2.89 bits per heavy atom. The average Bonchev–Trinajstić information content (AvgIpc) is 2.77. The van der Waals surface area contributed by atoms with Gasteiger partial charge in [-0.1, -0.05) is 6.92 Å². The van der Waals surface area contributed by atoms with Crippen LogP contribution in [0.3, 0.4) is 0 Å². The van der Waals surface area contributed by atoms with Gasteiger partial charge >= 0.3 is 0 Å². The Morgan fingerprint density at radius 2 is 2.33 bits per heavy atom. The van der Waals surface area contributed by atoms with Crippen LogP contribution in [0.25, 0.3) is 0 Å². The van der Waals surface area contributed by atoms with Gasteiger partial charge in [0.15, 0.2) is 0 Å². The van der Waals surface area contributed by atoms with E-state index < -0.39 is 0 Å². The molecule has 1 N–H and O–H groups in total. The standard InChI is InChI=1S/C13H23BrN2S2/c1-4-12(10-17-3)16(2)6-5-15-8-13-7-11(14)9-18-13/h7,9,12,15H,4-6,8,10H2,1-3H3. The van der Waals surface area contributed by atoms with E-state index in [9.17, 15) is 0 Å². The minimum absolute atomic E-state index is 0.706. The van der Waals surface area contributed by atoms with Crippen molar-refractivity contribution in [2.24, 2.45) is 0 Å². The largest absolute Gasteiger partial charge is 0.311 e. The van der Waals surface area contributed by atoms with Crippen LogP contribution in [0.2, 0.25) is 0 Å². The van der Waals surface area contributed by atoms with E-state index in [2.05, 4.69) is 57.8 Å². The van der Waals surface area contributed by atoms with E-state index in [1.165, 1.54) is 21.5 Å². The average molecular weight is 351 g/mol. The lowest BCUT2D eigenvalue weighted by Gasteiger charge is -2.26. The third-order valence-corrected chi connectivity index (χ3v) is 5.43. The van der Waals surface area contributed by atoms with Crippen molar-refractivity contribution in [3.8, 4) is 0 Å². The van der Waals surface area contributed by atoms with Crippen LogP contribution in [0.5, 0.6) is 0 Å². The highest BCUT2D eigenvalue weighted by Gasteiger charge is 2.10. The molecule has 1 heterocycles. The van der Waals surface area contributed by atoms with Gasteiger partial charge in [-0.3, -0.25) is 0 Å². The lowest BCUT2D eigenvalue weighted by molar-refractivity contribution is 0.256. The van der Waals surface area contributed by atoms with Gasteiger partial charge in [0.2, 0.25) is 0 Å². The number of hydrogen-bond donors (Lipinski definition) is 1. The molecule has 0 saturated carbocycles. The maximum absolute atomic E-state index is 3.51. The number of thioether (sulfide) groups is 1. The van der Waals surface area contributed by atoms with Gasteiger partial charge < -0.3 is 10.2 Å². The summed E-state index contributed by atoms with van der Waals surface area (Å²) in [6.45, 7) is 5.42. The Bertz CT molecular complexity index is 331. The third kappa shape index (κ3) is 6.06. The van der Waals surface area contributed by atoms with Crippen molar-refractivity contribution in [3.05, 3.63) is 20.8 Å². The van der Waals surface area contributed by atoms with Crippen molar-refractivity contribution >= 4 is 39.0 Å². The van der Waals surface area contributed by atoms with Crippen LogP contribution in [0.15, 0.2) is 15.9 Å². The van der Waals surface area contributed by atoms with Crippen molar-refractivity contribution in [1.82, 2.24) is 10.2 Å². The Kier molecular flexibility index (Phi) is 8.59. The molecule has 0 aromatic carbocycles. The van der Waals surface area contributed by atoms with Crippen molar-refractivity contribution in [3.63, 3.8) is 0 Å². The van der Waals surface area contributed by atoms with Gasteiger partial charge in [0, 0.05) is 46.2 Å². The van der Waals surface area contributed by atoms with Gasteiger partial charge in [0.1, 0.15) is 0 Å². The molecule has 0 aliphatic carbocycles. The van der Waals surface area contributed by atoms with Gasteiger partial charge in [0.05, 0.1) is 0 Å². The van der Waals surface area contributed by atoms with Crippen molar-refractivity contribution < 1.29 is 0 Å². The summed E-state index contributed by atoms with van der Waals surface area (Å²) in [7, 11) is 2.23. The van der Waals surface area contributed by atoms with Crippen molar-refractivity contribution in [2.45, 2.75) is 25.9 Å². The summed E-state index contributed by atoms with van der Waals surface area (Å²) in [5.41, 5.74) is 0. The van der Waals surface area contributed by atoms with Gasteiger partial charge in [-0.2, -0.15) is 11.8 Å². The molecule has 1 unspecified atom stereocenters. The molecular formula is C13H23BrN2S2. The molecule has 18 heavy (non-hydrogen) atoms. The van der Waals surface area contributed by atoms with E-state index in [1.54, 1.807) is 11.3 Å². The quantitative estimate of drug-likeness (QED) is 0.684. The van der Waals surface area contributed by atoms with E-state index >= 15 is 0 Å². The summed E-state index contributed by atoms with van der Waals surface area (Å²) in [4.78, 5) is 3.86. The van der Waals surface area contributed by atoms with Crippen molar-refractivity contribution in [1.29, 1.82) is 0 Å². The van der Waals surface area contributed by atoms with E-state index in [0.717, 1.165) is 19.6 Å². The summed E-state index contributed by atoms with van der Waals surface area (Å²) >= 11 is 7.22. The molecule has 0 amide bonds. The molecule has 0 spiro atoms. The lowest BCUT2D eigenvalue weighted by Crippen LogP contribution is -2.38. The zero-order valence-corrected chi connectivity index (χ0v) is 14.6. The number of thiophene rings is 1. The Morgan fingerprint density at radius 1 is 1.56 bits per heavy atom. The predicted molar refractivity (Wildman–Crippen MR) is 88.8 cm³/mol. The van der Waals surface area contributed by atoms with Gasteiger partial charge in [-0.25, -0.2) is 0 Å². The fourth-order valence-electron chi connectivity index (χ4n) is 1.85. The third-order valence-electron chi connectivity index (χ3n) is 3.02. The lowest BCUT2D eigenvalue weighted by atomic mass is 10.2. The maximum atomic E-state index is 3.51. The zero-order chi connectivity index (χ0) is 13.4. The van der Waals surface area contributed by atoms with Crippen molar-refractivity contribution in [2.75, 3.05) is 32.1 Å². The highest BCUT2D eigenvalue weighted by molar-refractivity contribution is 9.10. The molecule has 0 radical (unpaired) electrons. The topological polar surface area (TPSA) is 15.3 Å². The SMILES string of the molecule is CCC(CSC)N(C)CCNCc1cc(Br)cs1. The second kappa shape index (κ2) is 9.37. The van der Waals surface area contributed by atoms with Gasteiger partial charge in [-0.15, -0.1) is 11.3 Å². The van der Waals surface area contributed by atoms with Crippen LogP contribution >= 0.6 is 39.0 Å². The highest BCUT2D eigenvalue weighted by atomic mass is 79.9. The fourth-order valence-corrected chi connectivity index (χ4v) is 4.14. The maximum Gasteiger partial charge on any atom is 0.0300 e. The van der Waals surface area contributed by atoms with Crippen LogP contribution < -0.4 is 5.32 Å². The molecule has 0 saturated heterocycles. The normalized spacial score (nSPS) is 13.2. The molecule has 104 valence electrons. The van der Waals surface area contributed by atoms with Gasteiger partial charge in [-0.05, 0) is 41.7 Å². The minimum Gasteiger partial charge on any atom is -0.311 e. The number of nitrogens with one attached hydrogen (secondary N) is 1.